The van der Waals surface area contributed by atoms with Crippen LogP contribution in [0.15, 0.2) is 64.4 Å². The summed E-state index contributed by atoms with van der Waals surface area (Å²) in [6.07, 6.45) is -5.07. The van der Waals surface area contributed by atoms with E-state index in [1.54, 1.807) is 13.0 Å². The zero-order valence-electron chi connectivity index (χ0n) is 27.4. The Morgan fingerprint density at radius 3 is 2.46 bits per heavy atom. The number of rotatable bonds is 12. The number of methoxy groups -OCH3 is 1. The van der Waals surface area contributed by atoms with E-state index in [-0.39, 0.29) is 75.5 Å². The van der Waals surface area contributed by atoms with E-state index >= 15 is 13.2 Å². The molecule has 0 saturated carbocycles. The topological polar surface area (TPSA) is 92.6 Å². The summed E-state index contributed by atoms with van der Waals surface area (Å²) in [4.78, 5) is 26.0. The highest BCUT2D eigenvalue weighted by Gasteiger charge is 2.43. The Balaban J connectivity index is 1.65. The Morgan fingerprint density at radius 2 is 1.76 bits per heavy atom. The van der Waals surface area contributed by atoms with Gasteiger partial charge in [-0.15, -0.1) is 0 Å². The number of ether oxygens (including phenoxy) is 2. The van der Waals surface area contributed by atoms with E-state index in [1.165, 1.54) is 44.4 Å². The molecule has 0 fully saturated rings. The van der Waals surface area contributed by atoms with Crippen molar-refractivity contribution in [2.45, 2.75) is 56.9 Å². The average Bonchev–Trinajstić information content (AvgIpc) is 3.41. The summed E-state index contributed by atoms with van der Waals surface area (Å²) in [5.74, 6) is -3.70. The molecule has 0 radical (unpaired) electrons. The van der Waals surface area contributed by atoms with Gasteiger partial charge in [0.1, 0.15) is 23.4 Å². The SMILES string of the molecule is CCOC(=O)CCCNCc1cccc(C2C[S+]([O-])c3c(Cc4c(F)cccc4C(F)(F)F)c(C)c(-c4cccc(OC)c4F)c(=O)n32)c1F. The van der Waals surface area contributed by atoms with Crippen LogP contribution in [0.1, 0.15) is 59.2 Å². The van der Waals surface area contributed by atoms with Crippen LogP contribution in [0.25, 0.3) is 11.1 Å². The van der Waals surface area contributed by atoms with E-state index in [4.69, 9.17) is 9.47 Å². The summed E-state index contributed by atoms with van der Waals surface area (Å²) in [5.41, 5.74) is -3.25. The summed E-state index contributed by atoms with van der Waals surface area (Å²) >= 11 is -2.06. The fourth-order valence-electron chi connectivity index (χ4n) is 6.26. The molecule has 1 aliphatic rings. The van der Waals surface area contributed by atoms with Crippen molar-refractivity contribution in [3.8, 4) is 16.9 Å². The van der Waals surface area contributed by atoms with Gasteiger partial charge in [0.2, 0.25) is 5.03 Å². The number of hydrogen-bond donors (Lipinski definition) is 1. The average molecular weight is 721 g/mol. The largest absolute Gasteiger partial charge is 0.610 e. The lowest BCUT2D eigenvalue weighted by atomic mass is 9.92. The van der Waals surface area contributed by atoms with Crippen LogP contribution in [0.4, 0.5) is 26.3 Å². The van der Waals surface area contributed by atoms with E-state index < -0.39 is 64.0 Å². The normalized spacial score (nSPS) is 15.6. The number of aromatic nitrogens is 1. The number of nitrogens with zero attached hydrogens (tertiary/aromatic N) is 1. The Morgan fingerprint density at radius 1 is 1.04 bits per heavy atom. The van der Waals surface area contributed by atoms with Crippen LogP contribution < -0.4 is 15.6 Å². The Kier molecular flexibility index (Phi) is 11.3. The highest BCUT2D eigenvalue weighted by atomic mass is 32.2. The summed E-state index contributed by atoms with van der Waals surface area (Å²) in [6.45, 7) is 3.75. The molecule has 1 N–H and O–H groups in total. The predicted octanol–water partition coefficient (Wildman–Crippen LogP) is 7.00. The highest BCUT2D eigenvalue weighted by Crippen LogP contribution is 2.42. The van der Waals surface area contributed by atoms with Crippen molar-refractivity contribution in [1.29, 1.82) is 0 Å². The van der Waals surface area contributed by atoms with Crippen molar-refractivity contribution in [3.05, 3.63) is 116 Å². The summed E-state index contributed by atoms with van der Waals surface area (Å²) in [7, 11) is 1.22. The van der Waals surface area contributed by atoms with Crippen LogP contribution in [0.2, 0.25) is 0 Å². The van der Waals surface area contributed by atoms with Gasteiger partial charge in [-0.25, -0.2) is 13.2 Å². The fourth-order valence-corrected chi connectivity index (χ4v) is 7.96. The quantitative estimate of drug-likeness (QED) is 0.0734. The molecule has 0 saturated heterocycles. The van der Waals surface area contributed by atoms with Crippen LogP contribution >= 0.6 is 0 Å². The first-order valence-electron chi connectivity index (χ1n) is 15.8. The Bertz CT molecular complexity index is 1970. The molecule has 0 bridgehead atoms. The van der Waals surface area contributed by atoms with E-state index in [9.17, 15) is 27.3 Å². The number of nitrogens with one attached hydrogen (secondary N) is 1. The number of alkyl halides is 3. The molecule has 0 aliphatic carbocycles. The molecule has 2 atom stereocenters. The minimum Gasteiger partial charge on any atom is -0.610 e. The molecule has 7 nitrogen and oxygen atoms in total. The third-order valence-electron chi connectivity index (χ3n) is 8.63. The first-order chi connectivity index (χ1) is 23.8. The number of halogens is 6. The molecular weight excluding hydrogens is 686 g/mol. The first kappa shape index (κ1) is 37.0. The Labute approximate surface area is 287 Å². The van der Waals surface area contributed by atoms with Gasteiger partial charge in [0.15, 0.2) is 11.6 Å². The van der Waals surface area contributed by atoms with Gasteiger partial charge in [-0.1, -0.05) is 36.4 Å². The van der Waals surface area contributed by atoms with Gasteiger partial charge >= 0.3 is 12.1 Å². The lowest BCUT2D eigenvalue weighted by molar-refractivity contribution is -0.143. The zero-order chi connectivity index (χ0) is 36.3. The van der Waals surface area contributed by atoms with E-state index in [2.05, 4.69) is 5.32 Å². The van der Waals surface area contributed by atoms with Gasteiger partial charge in [-0.05, 0) is 50.6 Å². The first-order valence-corrected chi connectivity index (χ1v) is 17.1. The van der Waals surface area contributed by atoms with Crippen molar-refractivity contribution >= 4 is 17.1 Å². The fraction of sp³-hybridized carbons (Fsp3) is 0.333. The van der Waals surface area contributed by atoms with Crippen LogP contribution in [-0.4, -0.2) is 41.1 Å². The molecule has 0 spiro atoms. The standard InChI is InChI=1S/C36H34F6N2O5S/c1-4-49-30(45)15-8-16-43-18-21-9-5-10-22(32(21)38)28-19-50(47)35-24(17-25-26(36(40,41)42)12-7-13-27(25)37)20(2)31(34(46)44(28)35)23-11-6-14-29(48-3)33(23)39/h5-7,9-14,28,43H,4,8,15-19H2,1-3H3. The molecule has 5 rings (SSSR count). The Hall–Kier alpha value is -4.27. The van der Waals surface area contributed by atoms with Crippen molar-refractivity contribution < 1.29 is 45.2 Å². The van der Waals surface area contributed by atoms with Gasteiger partial charge in [0, 0.05) is 58.4 Å². The second-order valence-electron chi connectivity index (χ2n) is 11.7. The molecule has 50 heavy (non-hydrogen) atoms. The smallest absolute Gasteiger partial charge is 0.416 e. The maximum absolute atomic E-state index is 16.2. The van der Waals surface area contributed by atoms with Gasteiger partial charge in [-0.2, -0.15) is 13.2 Å². The molecule has 4 aromatic rings. The maximum Gasteiger partial charge on any atom is 0.416 e. The number of fused-ring (bicyclic) bond motifs is 1. The molecule has 14 heteroatoms. The number of hydrogen-bond acceptors (Lipinski definition) is 6. The van der Waals surface area contributed by atoms with E-state index in [0.29, 0.717) is 13.0 Å². The molecular formula is C36H34F6N2O5S. The van der Waals surface area contributed by atoms with Crippen molar-refractivity contribution in [2.75, 3.05) is 26.0 Å². The summed E-state index contributed by atoms with van der Waals surface area (Å²) < 4.78 is 114. The summed E-state index contributed by atoms with van der Waals surface area (Å²) in [5, 5.41) is 2.86. The van der Waals surface area contributed by atoms with Gasteiger partial charge in [0.25, 0.3) is 5.56 Å². The third kappa shape index (κ3) is 7.28. The predicted molar refractivity (Wildman–Crippen MR) is 175 cm³/mol. The zero-order valence-corrected chi connectivity index (χ0v) is 28.2. The monoisotopic (exact) mass is 720 g/mol. The lowest BCUT2D eigenvalue weighted by Gasteiger charge is -2.21. The van der Waals surface area contributed by atoms with Gasteiger partial charge in [-0.3, -0.25) is 14.2 Å². The number of benzene rings is 3. The number of esters is 1. The molecule has 0 amide bonds. The van der Waals surface area contributed by atoms with Gasteiger partial charge < -0.3 is 19.3 Å². The van der Waals surface area contributed by atoms with Crippen LogP contribution in [-0.2, 0) is 39.8 Å². The molecule has 266 valence electrons. The third-order valence-corrected chi connectivity index (χ3v) is 10.1. The molecule has 2 unspecified atom stereocenters. The molecule has 2 heterocycles. The lowest BCUT2D eigenvalue weighted by Crippen LogP contribution is -2.29. The van der Waals surface area contributed by atoms with Crippen molar-refractivity contribution in [3.63, 3.8) is 0 Å². The minimum atomic E-state index is -4.94. The summed E-state index contributed by atoms with van der Waals surface area (Å²) in [6, 6.07) is 9.81. The second-order valence-corrected chi connectivity index (χ2v) is 13.1. The van der Waals surface area contributed by atoms with Crippen LogP contribution in [0.5, 0.6) is 5.75 Å². The minimum absolute atomic E-state index is 0.0000200. The van der Waals surface area contributed by atoms with E-state index in [0.717, 1.165) is 22.8 Å². The molecule has 1 aliphatic heterocycles. The van der Waals surface area contributed by atoms with Crippen LogP contribution in [0.3, 0.4) is 0 Å². The second kappa shape index (κ2) is 15.3. The van der Waals surface area contributed by atoms with E-state index in [1.807, 2.05) is 0 Å². The highest BCUT2D eigenvalue weighted by molar-refractivity contribution is 7.91. The number of carbonyl (C=O) groups is 1. The molecule has 1 aromatic heterocycles. The molecule has 3 aromatic carbocycles. The maximum atomic E-state index is 16.2. The van der Waals surface area contributed by atoms with Crippen molar-refractivity contribution in [1.82, 2.24) is 9.88 Å². The number of pyridine rings is 1. The van der Waals surface area contributed by atoms with Gasteiger partial charge in [0.05, 0.1) is 24.8 Å². The number of carbonyl (C=O) groups excluding carboxylic acids is 1. The van der Waals surface area contributed by atoms with Crippen molar-refractivity contribution in [2.24, 2.45) is 0 Å². The van der Waals surface area contributed by atoms with Crippen LogP contribution in [0, 0.1) is 24.4 Å².